The number of nitrogens with zero attached hydrogens (tertiary/aromatic N) is 5. The summed E-state index contributed by atoms with van der Waals surface area (Å²) in [6.07, 6.45) is 3.10. The number of rotatable bonds is 5. The molecule has 25 heavy (non-hydrogen) atoms. The van der Waals surface area contributed by atoms with Crippen LogP contribution in [0, 0.1) is 17.1 Å². The van der Waals surface area contributed by atoms with Crippen LogP contribution >= 0.6 is 23.4 Å². The van der Waals surface area contributed by atoms with E-state index in [2.05, 4.69) is 21.8 Å². The number of benzene rings is 1. The van der Waals surface area contributed by atoms with Gasteiger partial charge in [0.25, 0.3) is 0 Å². The summed E-state index contributed by atoms with van der Waals surface area (Å²) >= 11 is 7.35. The Hall–Kier alpha value is -2.69. The lowest BCUT2D eigenvalue weighted by molar-refractivity contribution is 0.626. The maximum atomic E-state index is 14.1. The van der Waals surface area contributed by atoms with Crippen molar-refractivity contribution < 1.29 is 4.39 Å². The first-order chi connectivity index (χ1) is 12.1. The number of allylic oxidation sites excluding steroid dienone is 1. The van der Waals surface area contributed by atoms with Crippen molar-refractivity contribution in [3.8, 4) is 17.5 Å². The van der Waals surface area contributed by atoms with Crippen LogP contribution in [0.25, 0.3) is 11.4 Å². The fourth-order valence-electron chi connectivity index (χ4n) is 2.15. The van der Waals surface area contributed by atoms with Gasteiger partial charge in [0, 0.05) is 12.7 Å². The first kappa shape index (κ1) is 17.1. The summed E-state index contributed by atoms with van der Waals surface area (Å²) in [4.78, 5) is 4.17. The van der Waals surface area contributed by atoms with Crippen molar-refractivity contribution in [2.75, 3.05) is 0 Å². The SMILES string of the molecule is C=CCn1c(Sc2ncc(C#N)cc2Cl)nnc1-c1ccccc1F. The number of pyridine rings is 1. The fourth-order valence-corrected chi connectivity index (χ4v) is 3.22. The second-order valence-electron chi connectivity index (χ2n) is 4.91. The van der Waals surface area contributed by atoms with Crippen LogP contribution in [0.1, 0.15) is 5.56 Å². The molecule has 0 N–H and O–H groups in total. The monoisotopic (exact) mass is 371 g/mol. The summed E-state index contributed by atoms with van der Waals surface area (Å²) in [5.74, 6) is 0.0107. The Morgan fingerprint density at radius 2 is 2.16 bits per heavy atom. The van der Waals surface area contributed by atoms with E-state index in [0.717, 1.165) is 0 Å². The maximum absolute atomic E-state index is 14.1. The van der Waals surface area contributed by atoms with Gasteiger partial charge in [0.15, 0.2) is 11.0 Å². The molecule has 0 saturated carbocycles. The molecule has 0 saturated heterocycles. The lowest BCUT2D eigenvalue weighted by Crippen LogP contribution is -2.02. The van der Waals surface area contributed by atoms with Crippen LogP contribution in [0.15, 0.2) is 59.4 Å². The minimum Gasteiger partial charge on any atom is -0.298 e. The molecule has 8 heteroatoms. The number of aromatic nitrogens is 4. The summed E-state index contributed by atoms with van der Waals surface area (Å²) < 4.78 is 15.8. The van der Waals surface area contributed by atoms with Crippen LogP contribution in [0.2, 0.25) is 5.02 Å². The van der Waals surface area contributed by atoms with E-state index in [0.29, 0.717) is 38.7 Å². The molecule has 2 heterocycles. The Kier molecular flexibility index (Phi) is 5.12. The molecule has 0 radical (unpaired) electrons. The molecule has 2 aromatic heterocycles. The van der Waals surface area contributed by atoms with Gasteiger partial charge in [-0.05, 0) is 30.0 Å². The number of hydrogen-bond acceptors (Lipinski definition) is 5. The Morgan fingerprint density at radius 3 is 2.84 bits per heavy atom. The summed E-state index contributed by atoms with van der Waals surface area (Å²) in [5.41, 5.74) is 0.719. The zero-order chi connectivity index (χ0) is 17.8. The van der Waals surface area contributed by atoms with Crippen LogP contribution in [0.3, 0.4) is 0 Å². The second kappa shape index (κ2) is 7.47. The van der Waals surface area contributed by atoms with Gasteiger partial charge < -0.3 is 0 Å². The van der Waals surface area contributed by atoms with Gasteiger partial charge in [0.05, 0.1) is 16.1 Å². The van der Waals surface area contributed by atoms with Gasteiger partial charge in [-0.15, -0.1) is 16.8 Å². The molecule has 0 aliphatic rings. The molecular formula is C17H11ClFN5S. The quantitative estimate of drug-likeness (QED) is 0.624. The topological polar surface area (TPSA) is 67.4 Å². The van der Waals surface area contributed by atoms with Gasteiger partial charge >= 0.3 is 0 Å². The lowest BCUT2D eigenvalue weighted by Gasteiger charge is -2.08. The van der Waals surface area contributed by atoms with Crippen molar-refractivity contribution >= 4 is 23.4 Å². The molecular weight excluding hydrogens is 361 g/mol. The van der Waals surface area contributed by atoms with E-state index in [-0.39, 0.29) is 5.82 Å². The van der Waals surface area contributed by atoms with E-state index >= 15 is 0 Å². The Bertz CT molecular complexity index is 979. The van der Waals surface area contributed by atoms with Gasteiger partial charge in [-0.1, -0.05) is 29.8 Å². The first-order valence-electron chi connectivity index (χ1n) is 7.16. The molecule has 0 aliphatic heterocycles. The molecule has 124 valence electrons. The molecule has 0 fully saturated rings. The Balaban J connectivity index is 2.02. The number of hydrogen-bond donors (Lipinski definition) is 0. The van der Waals surface area contributed by atoms with E-state index in [4.69, 9.17) is 16.9 Å². The lowest BCUT2D eigenvalue weighted by atomic mass is 10.2. The van der Waals surface area contributed by atoms with Crippen molar-refractivity contribution in [3.05, 3.63) is 65.6 Å². The van der Waals surface area contributed by atoms with Crippen LogP contribution in [-0.4, -0.2) is 19.7 Å². The largest absolute Gasteiger partial charge is 0.298 e. The molecule has 1 aromatic carbocycles. The summed E-state index contributed by atoms with van der Waals surface area (Å²) in [7, 11) is 0. The average Bonchev–Trinajstić information content (AvgIpc) is 3.00. The molecule has 0 spiro atoms. The minimum atomic E-state index is -0.383. The highest BCUT2D eigenvalue weighted by Crippen LogP contribution is 2.33. The van der Waals surface area contributed by atoms with E-state index < -0.39 is 0 Å². The Labute approximate surface area is 152 Å². The normalized spacial score (nSPS) is 10.4. The number of nitriles is 1. The van der Waals surface area contributed by atoms with Crippen LogP contribution < -0.4 is 0 Å². The molecule has 0 aliphatic carbocycles. The zero-order valence-electron chi connectivity index (χ0n) is 12.9. The predicted octanol–water partition coefficient (Wildman–Crippen LogP) is 4.34. The smallest absolute Gasteiger partial charge is 0.198 e. The van der Waals surface area contributed by atoms with E-state index in [1.165, 1.54) is 30.1 Å². The molecule has 0 atom stereocenters. The number of halogens is 2. The molecule has 0 amide bonds. The third kappa shape index (κ3) is 3.55. The highest BCUT2D eigenvalue weighted by atomic mass is 35.5. The van der Waals surface area contributed by atoms with Gasteiger partial charge in [0.1, 0.15) is 16.9 Å². The second-order valence-corrected chi connectivity index (χ2v) is 6.27. The van der Waals surface area contributed by atoms with Crippen molar-refractivity contribution in [2.45, 2.75) is 16.7 Å². The molecule has 5 nitrogen and oxygen atoms in total. The van der Waals surface area contributed by atoms with E-state index in [1.807, 2.05) is 6.07 Å². The fraction of sp³-hybridized carbons (Fsp3) is 0.0588. The molecule has 0 bridgehead atoms. The standard InChI is InChI=1S/C17H11ClFN5S/c1-2-7-24-15(12-5-3-4-6-14(12)19)22-23-17(24)25-16-13(18)8-11(9-20)10-21-16/h2-6,8,10H,1,7H2. The van der Waals surface area contributed by atoms with Crippen LogP contribution in [0.4, 0.5) is 4.39 Å². The highest BCUT2D eigenvalue weighted by Gasteiger charge is 2.18. The van der Waals surface area contributed by atoms with Crippen molar-refractivity contribution in [1.29, 1.82) is 5.26 Å². The van der Waals surface area contributed by atoms with Crippen LogP contribution in [0.5, 0.6) is 0 Å². The van der Waals surface area contributed by atoms with E-state index in [1.54, 1.807) is 28.8 Å². The minimum absolute atomic E-state index is 0.338. The van der Waals surface area contributed by atoms with E-state index in [9.17, 15) is 4.39 Å². The summed E-state index contributed by atoms with van der Waals surface area (Å²) in [6, 6.07) is 9.86. The summed E-state index contributed by atoms with van der Waals surface area (Å²) in [6.45, 7) is 4.12. The van der Waals surface area contributed by atoms with Crippen molar-refractivity contribution in [2.24, 2.45) is 0 Å². The van der Waals surface area contributed by atoms with Gasteiger partial charge in [-0.2, -0.15) is 5.26 Å². The predicted molar refractivity (Wildman–Crippen MR) is 93.7 cm³/mol. The van der Waals surface area contributed by atoms with Gasteiger partial charge in [0.2, 0.25) is 0 Å². The highest BCUT2D eigenvalue weighted by molar-refractivity contribution is 7.99. The third-order valence-electron chi connectivity index (χ3n) is 3.27. The zero-order valence-corrected chi connectivity index (χ0v) is 14.4. The maximum Gasteiger partial charge on any atom is 0.198 e. The van der Waals surface area contributed by atoms with Crippen molar-refractivity contribution in [3.63, 3.8) is 0 Å². The third-order valence-corrected chi connectivity index (χ3v) is 4.67. The molecule has 3 rings (SSSR count). The van der Waals surface area contributed by atoms with Gasteiger partial charge in [-0.25, -0.2) is 9.37 Å². The van der Waals surface area contributed by atoms with Gasteiger partial charge in [-0.3, -0.25) is 4.57 Å². The first-order valence-corrected chi connectivity index (χ1v) is 8.36. The summed E-state index contributed by atoms with van der Waals surface area (Å²) in [5, 5.41) is 18.4. The Morgan fingerprint density at radius 1 is 1.36 bits per heavy atom. The average molecular weight is 372 g/mol. The van der Waals surface area contributed by atoms with Crippen LogP contribution in [-0.2, 0) is 6.54 Å². The molecule has 3 aromatic rings. The van der Waals surface area contributed by atoms with Crippen molar-refractivity contribution in [1.82, 2.24) is 19.7 Å². The molecule has 0 unspecified atom stereocenters.